The van der Waals surface area contributed by atoms with Gasteiger partial charge in [-0.05, 0) is 25.5 Å². The van der Waals surface area contributed by atoms with E-state index >= 15 is 0 Å². The summed E-state index contributed by atoms with van der Waals surface area (Å²) in [6.45, 7) is 4.05. The first-order valence-electron chi connectivity index (χ1n) is 5.07. The van der Waals surface area contributed by atoms with Crippen molar-refractivity contribution < 1.29 is 9.53 Å². The van der Waals surface area contributed by atoms with E-state index in [0.29, 0.717) is 18.7 Å². The normalized spacial score (nSPS) is 11.2. The number of carbonyl (C=O) groups excluding carboxylic acids is 1. The number of esters is 1. The quantitative estimate of drug-likeness (QED) is 0.560. The summed E-state index contributed by atoms with van der Waals surface area (Å²) < 4.78 is 4.90. The SMILES string of the molecule is CCOC(=O)/C(CC)=N\c1ccccc1. The molecule has 0 fully saturated rings. The highest BCUT2D eigenvalue weighted by molar-refractivity contribution is 6.36. The minimum atomic E-state index is -0.330. The highest BCUT2D eigenvalue weighted by atomic mass is 16.5. The summed E-state index contributed by atoms with van der Waals surface area (Å²) in [5.74, 6) is -0.330. The van der Waals surface area contributed by atoms with Crippen molar-refractivity contribution in [3.63, 3.8) is 0 Å². The summed E-state index contributed by atoms with van der Waals surface area (Å²) in [6, 6.07) is 9.40. The number of rotatable bonds is 4. The van der Waals surface area contributed by atoms with Crippen molar-refractivity contribution in [2.24, 2.45) is 4.99 Å². The minimum Gasteiger partial charge on any atom is -0.462 e. The van der Waals surface area contributed by atoms with E-state index in [9.17, 15) is 4.79 Å². The van der Waals surface area contributed by atoms with Crippen molar-refractivity contribution >= 4 is 17.4 Å². The topological polar surface area (TPSA) is 38.7 Å². The molecule has 15 heavy (non-hydrogen) atoms. The molecule has 3 nitrogen and oxygen atoms in total. The van der Waals surface area contributed by atoms with Gasteiger partial charge in [-0.3, -0.25) is 0 Å². The molecule has 0 atom stereocenters. The molecule has 0 unspecified atom stereocenters. The van der Waals surface area contributed by atoms with Gasteiger partial charge in [0.2, 0.25) is 0 Å². The average molecular weight is 205 g/mol. The van der Waals surface area contributed by atoms with E-state index in [-0.39, 0.29) is 5.97 Å². The molecule has 0 saturated carbocycles. The van der Waals surface area contributed by atoms with Crippen LogP contribution in [0, 0.1) is 0 Å². The Kier molecular flexibility index (Phi) is 4.54. The zero-order chi connectivity index (χ0) is 11.1. The maximum absolute atomic E-state index is 11.4. The van der Waals surface area contributed by atoms with Crippen LogP contribution in [0.3, 0.4) is 0 Å². The van der Waals surface area contributed by atoms with Crippen molar-refractivity contribution in [3.05, 3.63) is 30.3 Å². The Bertz CT molecular complexity index is 344. The molecule has 0 radical (unpaired) electrons. The van der Waals surface area contributed by atoms with Crippen molar-refractivity contribution in [1.29, 1.82) is 0 Å². The van der Waals surface area contributed by atoms with E-state index in [2.05, 4.69) is 4.99 Å². The van der Waals surface area contributed by atoms with Crippen molar-refractivity contribution in [2.75, 3.05) is 6.61 Å². The Hall–Kier alpha value is -1.64. The number of benzene rings is 1. The molecule has 0 aromatic heterocycles. The number of ether oxygens (including phenoxy) is 1. The molecule has 1 aromatic rings. The summed E-state index contributed by atoms with van der Waals surface area (Å²) in [5, 5.41) is 0. The predicted molar refractivity (Wildman–Crippen MR) is 60.5 cm³/mol. The van der Waals surface area contributed by atoms with Crippen LogP contribution >= 0.6 is 0 Å². The van der Waals surface area contributed by atoms with Crippen molar-refractivity contribution in [2.45, 2.75) is 20.3 Å². The van der Waals surface area contributed by atoms with Gasteiger partial charge in [0, 0.05) is 0 Å². The van der Waals surface area contributed by atoms with Crippen LogP contribution in [0.1, 0.15) is 20.3 Å². The zero-order valence-corrected chi connectivity index (χ0v) is 9.06. The van der Waals surface area contributed by atoms with Gasteiger partial charge in [-0.25, -0.2) is 9.79 Å². The second kappa shape index (κ2) is 5.96. The zero-order valence-electron chi connectivity index (χ0n) is 9.06. The molecule has 0 saturated heterocycles. The van der Waals surface area contributed by atoms with Crippen LogP contribution in [-0.4, -0.2) is 18.3 Å². The lowest BCUT2D eigenvalue weighted by Gasteiger charge is -2.03. The van der Waals surface area contributed by atoms with Crippen LogP contribution in [0.15, 0.2) is 35.3 Å². The third kappa shape index (κ3) is 3.54. The smallest absolute Gasteiger partial charge is 0.352 e. The lowest BCUT2D eigenvalue weighted by atomic mass is 10.2. The first kappa shape index (κ1) is 11.4. The standard InChI is InChI=1S/C12H15NO2/c1-3-11(12(14)15-4-2)13-10-8-6-5-7-9-10/h5-9H,3-4H2,1-2H3/b13-11-. The summed E-state index contributed by atoms with van der Waals surface area (Å²) in [7, 11) is 0. The molecule has 0 aliphatic heterocycles. The monoisotopic (exact) mass is 205 g/mol. The molecule has 0 aliphatic rings. The molecular formula is C12H15NO2. The van der Waals surface area contributed by atoms with E-state index in [1.807, 2.05) is 37.3 Å². The Balaban J connectivity index is 2.83. The summed E-state index contributed by atoms with van der Waals surface area (Å²) in [4.78, 5) is 15.7. The lowest BCUT2D eigenvalue weighted by Crippen LogP contribution is -2.16. The summed E-state index contributed by atoms with van der Waals surface area (Å²) in [6.07, 6.45) is 0.577. The van der Waals surface area contributed by atoms with Gasteiger partial charge in [0.05, 0.1) is 12.3 Å². The molecule has 0 heterocycles. The molecule has 0 N–H and O–H groups in total. The molecule has 1 aromatic carbocycles. The van der Waals surface area contributed by atoms with Crippen LogP contribution in [0.2, 0.25) is 0 Å². The van der Waals surface area contributed by atoms with Crippen LogP contribution in [0.25, 0.3) is 0 Å². The molecule has 80 valence electrons. The fourth-order valence-corrected chi connectivity index (χ4v) is 1.14. The second-order valence-electron chi connectivity index (χ2n) is 2.97. The molecule has 0 amide bonds. The van der Waals surface area contributed by atoms with Gasteiger partial charge in [-0.1, -0.05) is 25.1 Å². The van der Waals surface area contributed by atoms with Gasteiger partial charge in [-0.2, -0.15) is 0 Å². The van der Waals surface area contributed by atoms with Crippen LogP contribution in [-0.2, 0) is 9.53 Å². The fraction of sp³-hybridized carbons (Fsp3) is 0.333. The first-order valence-corrected chi connectivity index (χ1v) is 5.07. The van der Waals surface area contributed by atoms with Crippen LogP contribution in [0.4, 0.5) is 5.69 Å². The van der Waals surface area contributed by atoms with Crippen molar-refractivity contribution in [1.82, 2.24) is 0 Å². The third-order valence-corrected chi connectivity index (χ3v) is 1.87. The Morgan fingerprint density at radius 3 is 2.47 bits per heavy atom. The average Bonchev–Trinajstić information content (AvgIpc) is 2.27. The molecule has 0 bridgehead atoms. The van der Waals surface area contributed by atoms with E-state index in [0.717, 1.165) is 5.69 Å². The van der Waals surface area contributed by atoms with E-state index < -0.39 is 0 Å². The Morgan fingerprint density at radius 2 is 1.93 bits per heavy atom. The number of hydrogen-bond acceptors (Lipinski definition) is 3. The minimum absolute atomic E-state index is 0.330. The number of aliphatic imine (C=N–C) groups is 1. The van der Waals surface area contributed by atoms with E-state index in [4.69, 9.17) is 4.74 Å². The second-order valence-corrected chi connectivity index (χ2v) is 2.97. The highest BCUT2D eigenvalue weighted by Crippen LogP contribution is 2.11. The Morgan fingerprint density at radius 1 is 1.27 bits per heavy atom. The largest absolute Gasteiger partial charge is 0.462 e. The molecule has 0 spiro atoms. The van der Waals surface area contributed by atoms with Gasteiger partial charge in [0.1, 0.15) is 5.71 Å². The number of para-hydroxylation sites is 1. The lowest BCUT2D eigenvalue weighted by molar-refractivity contribution is -0.135. The predicted octanol–water partition coefficient (Wildman–Crippen LogP) is 2.73. The van der Waals surface area contributed by atoms with Crippen LogP contribution < -0.4 is 0 Å². The van der Waals surface area contributed by atoms with E-state index in [1.54, 1.807) is 6.92 Å². The van der Waals surface area contributed by atoms with Crippen molar-refractivity contribution in [3.8, 4) is 0 Å². The van der Waals surface area contributed by atoms with Gasteiger partial charge in [-0.15, -0.1) is 0 Å². The first-order chi connectivity index (χ1) is 7.27. The molecule has 1 rings (SSSR count). The van der Waals surface area contributed by atoms with Crippen LogP contribution in [0.5, 0.6) is 0 Å². The van der Waals surface area contributed by atoms with Gasteiger partial charge >= 0.3 is 5.97 Å². The van der Waals surface area contributed by atoms with E-state index in [1.165, 1.54) is 0 Å². The van der Waals surface area contributed by atoms with Gasteiger partial charge in [0.25, 0.3) is 0 Å². The fourth-order valence-electron chi connectivity index (χ4n) is 1.14. The van der Waals surface area contributed by atoms with Gasteiger partial charge in [0.15, 0.2) is 0 Å². The summed E-state index contributed by atoms with van der Waals surface area (Å²) in [5.41, 5.74) is 1.24. The Labute approximate surface area is 89.8 Å². The maximum atomic E-state index is 11.4. The molecule has 3 heteroatoms. The number of hydrogen-bond donors (Lipinski definition) is 0. The molecule has 0 aliphatic carbocycles. The van der Waals surface area contributed by atoms with Gasteiger partial charge < -0.3 is 4.74 Å². The maximum Gasteiger partial charge on any atom is 0.352 e. The number of carbonyl (C=O) groups is 1. The summed E-state index contributed by atoms with van der Waals surface area (Å²) >= 11 is 0. The highest BCUT2D eigenvalue weighted by Gasteiger charge is 2.09. The molecular weight excluding hydrogens is 190 g/mol. The third-order valence-electron chi connectivity index (χ3n) is 1.87. The number of nitrogens with zero attached hydrogens (tertiary/aromatic N) is 1.